The molecule has 6 nitrogen and oxygen atoms in total. The van der Waals surface area contributed by atoms with Gasteiger partial charge in [-0.2, -0.15) is 0 Å². The SMILES string of the molecule is CC(=O)NCCNC(=O)Nc1cccnc1. The van der Waals surface area contributed by atoms with E-state index >= 15 is 0 Å². The number of nitrogens with one attached hydrogen (secondary N) is 3. The molecule has 0 aliphatic rings. The highest BCUT2D eigenvalue weighted by molar-refractivity contribution is 5.88. The summed E-state index contributed by atoms with van der Waals surface area (Å²) < 4.78 is 0. The largest absolute Gasteiger partial charge is 0.355 e. The second-order valence-electron chi connectivity index (χ2n) is 3.11. The van der Waals surface area contributed by atoms with Gasteiger partial charge in [0.05, 0.1) is 11.9 Å². The van der Waals surface area contributed by atoms with E-state index in [4.69, 9.17) is 0 Å². The van der Waals surface area contributed by atoms with Gasteiger partial charge in [-0.15, -0.1) is 0 Å². The normalized spacial score (nSPS) is 9.31. The first kappa shape index (κ1) is 12.0. The van der Waals surface area contributed by atoms with E-state index in [1.165, 1.54) is 6.92 Å². The molecular formula is C10H14N4O2. The highest BCUT2D eigenvalue weighted by Crippen LogP contribution is 2.01. The topological polar surface area (TPSA) is 83.1 Å². The molecule has 0 fully saturated rings. The van der Waals surface area contributed by atoms with E-state index in [0.717, 1.165) is 0 Å². The predicted molar refractivity (Wildman–Crippen MR) is 59.9 cm³/mol. The zero-order chi connectivity index (χ0) is 11.8. The van der Waals surface area contributed by atoms with Gasteiger partial charge >= 0.3 is 6.03 Å². The zero-order valence-corrected chi connectivity index (χ0v) is 8.99. The monoisotopic (exact) mass is 222 g/mol. The fraction of sp³-hybridized carbons (Fsp3) is 0.300. The maximum Gasteiger partial charge on any atom is 0.319 e. The summed E-state index contributed by atoms with van der Waals surface area (Å²) in [6.07, 6.45) is 3.17. The van der Waals surface area contributed by atoms with E-state index in [9.17, 15) is 9.59 Å². The van der Waals surface area contributed by atoms with Gasteiger partial charge in [-0.3, -0.25) is 9.78 Å². The molecule has 1 aromatic rings. The maximum absolute atomic E-state index is 11.3. The Morgan fingerprint density at radius 3 is 2.69 bits per heavy atom. The summed E-state index contributed by atoms with van der Waals surface area (Å²) in [6.45, 7) is 2.22. The molecule has 3 N–H and O–H groups in total. The predicted octanol–water partition coefficient (Wildman–Crippen LogP) is 0.339. The van der Waals surface area contributed by atoms with Gasteiger partial charge in [0, 0.05) is 26.2 Å². The average Bonchev–Trinajstić information content (AvgIpc) is 2.25. The quantitative estimate of drug-likeness (QED) is 0.642. The van der Waals surface area contributed by atoms with Crippen molar-refractivity contribution in [2.45, 2.75) is 6.92 Å². The standard InChI is InChI=1S/C10H14N4O2/c1-8(15)12-5-6-13-10(16)14-9-3-2-4-11-7-9/h2-4,7H,5-6H2,1H3,(H,12,15)(H2,13,14,16). The molecule has 1 aromatic heterocycles. The molecule has 0 aromatic carbocycles. The van der Waals surface area contributed by atoms with Gasteiger partial charge in [-0.25, -0.2) is 4.79 Å². The van der Waals surface area contributed by atoms with Crippen molar-refractivity contribution in [1.82, 2.24) is 15.6 Å². The summed E-state index contributed by atoms with van der Waals surface area (Å²) in [4.78, 5) is 25.7. The molecule has 0 aliphatic carbocycles. The lowest BCUT2D eigenvalue weighted by molar-refractivity contribution is -0.118. The van der Waals surface area contributed by atoms with Crippen LogP contribution in [0.1, 0.15) is 6.92 Å². The molecule has 0 saturated heterocycles. The van der Waals surface area contributed by atoms with Crippen LogP contribution in [-0.2, 0) is 4.79 Å². The number of nitrogens with zero attached hydrogens (tertiary/aromatic N) is 1. The molecule has 16 heavy (non-hydrogen) atoms. The average molecular weight is 222 g/mol. The van der Waals surface area contributed by atoms with Crippen molar-refractivity contribution in [2.24, 2.45) is 0 Å². The van der Waals surface area contributed by atoms with Gasteiger partial charge in [0.25, 0.3) is 0 Å². The van der Waals surface area contributed by atoms with Crippen molar-refractivity contribution in [3.8, 4) is 0 Å². The van der Waals surface area contributed by atoms with Gasteiger partial charge in [0.2, 0.25) is 5.91 Å². The minimum atomic E-state index is -0.321. The number of aromatic nitrogens is 1. The molecule has 6 heteroatoms. The van der Waals surface area contributed by atoms with Gasteiger partial charge in [-0.05, 0) is 12.1 Å². The van der Waals surface area contributed by atoms with Crippen LogP contribution in [0.2, 0.25) is 0 Å². The van der Waals surface area contributed by atoms with Crippen LogP contribution in [0.5, 0.6) is 0 Å². The van der Waals surface area contributed by atoms with Crippen LogP contribution in [0.25, 0.3) is 0 Å². The molecule has 0 saturated carbocycles. The van der Waals surface area contributed by atoms with E-state index in [0.29, 0.717) is 18.8 Å². The van der Waals surface area contributed by atoms with Crippen molar-refractivity contribution in [1.29, 1.82) is 0 Å². The first-order chi connectivity index (χ1) is 7.68. The zero-order valence-electron chi connectivity index (χ0n) is 8.99. The minimum Gasteiger partial charge on any atom is -0.355 e. The molecule has 0 spiro atoms. The van der Waals surface area contributed by atoms with Gasteiger partial charge in [0.1, 0.15) is 0 Å². The first-order valence-corrected chi connectivity index (χ1v) is 4.88. The number of amides is 3. The number of carbonyl (C=O) groups is 2. The van der Waals surface area contributed by atoms with Crippen molar-refractivity contribution in [3.63, 3.8) is 0 Å². The smallest absolute Gasteiger partial charge is 0.319 e. The molecule has 3 amide bonds. The van der Waals surface area contributed by atoms with Crippen molar-refractivity contribution in [2.75, 3.05) is 18.4 Å². The molecule has 86 valence electrons. The van der Waals surface area contributed by atoms with Crippen LogP contribution >= 0.6 is 0 Å². The van der Waals surface area contributed by atoms with Gasteiger partial charge in [0.15, 0.2) is 0 Å². The summed E-state index contributed by atoms with van der Waals surface area (Å²) in [5, 5.41) is 7.77. The number of carbonyl (C=O) groups excluding carboxylic acids is 2. The third-order valence-corrected chi connectivity index (χ3v) is 1.70. The Bertz CT molecular complexity index is 353. The maximum atomic E-state index is 11.3. The summed E-state index contributed by atoms with van der Waals surface area (Å²) in [5.74, 6) is -0.116. The summed E-state index contributed by atoms with van der Waals surface area (Å²) >= 11 is 0. The summed E-state index contributed by atoms with van der Waals surface area (Å²) in [6, 6.07) is 3.14. The van der Waals surface area contributed by atoms with E-state index in [-0.39, 0.29) is 11.9 Å². The Morgan fingerprint density at radius 1 is 1.31 bits per heavy atom. The first-order valence-electron chi connectivity index (χ1n) is 4.88. The molecule has 0 bridgehead atoms. The number of hydrogen-bond acceptors (Lipinski definition) is 3. The van der Waals surface area contributed by atoms with Crippen LogP contribution in [0.4, 0.5) is 10.5 Å². The van der Waals surface area contributed by atoms with E-state index < -0.39 is 0 Å². The third-order valence-electron chi connectivity index (χ3n) is 1.70. The van der Waals surface area contributed by atoms with Crippen LogP contribution in [0.3, 0.4) is 0 Å². The number of rotatable bonds is 4. The Morgan fingerprint density at radius 2 is 2.06 bits per heavy atom. The highest BCUT2D eigenvalue weighted by atomic mass is 16.2. The lowest BCUT2D eigenvalue weighted by Crippen LogP contribution is -2.36. The summed E-state index contributed by atoms with van der Waals surface area (Å²) in [5.41, 5.74) is 0.625. The number of anilines is 1. The Labute approximate surface area is 93.4 Å². The fourth-order valence-corrected chi connectivity index (χ4v) is 1.03. The van der Waals surface area contributed by atoms with Crippen molar-refractivity contribution >= 4 is 17.6 Å². The molecule has 0 atom stereocenters. The molecule has 1 heterocycles. The molecule has 0 unspecified atom stereocenters. The third kappa shape index (κ3) is 4.94. The Balaban J connectivity index is 2.19. The fourth-order valence-electron chi connectivity index (χ4n) is 1.03. The van der Waals surface area contributed by atoms with Crippen molar-refractivity contribution in [3.05, 3.63) is 24.5 Å². The Hall–Kier alpha value is -2.11. The molecule has 0 aliphatic heterocycles. The molecule has 0 radical (unpaired) electrons. The lowest BCUT2D eigenvalue weighted by Gasteiger charge is -2.07. The van der Waals surface area contributed by atoms with Gasteiger partial charge in [-0.1, -0.05) is 0 Å². The number of pyridine rings is 1. The van der Waals surface area contributed by atoms with Crippen LogP contribution in [-0.4, -0.2) is 30.0 Å². The lowest BCUT2D eigenvalue weighted by atomic mass is 10.4. The Kier molecular flexibility index (Phi) is 4.78. The summed E-state index contributed by atoms with van der Waals surface area (Å²) in [7, 11) is 0. The van der Waals surface area contributed by atoms with Gasteiger partial charge < -0.3 is 16.0 Å². The number of hydrogen-bond donors (Lipinski definition) is 3. The van der Waals surface area contributed by atoms with E-state index in [1.54, 1.807) is 24.5 Å². The second kappa shape index (κ2) is 6.39. The molecule has 1 rings (SSSR count). The van der Waals surface area contributed by atoms with Crippen LogP contribution in [0, 0.1) is 0 Å². The second-order valence-corrected chi connectivity index (χ2v) is 3.11. The molecular weight excluding hydrogens is 208 g/mol. The van der Waals surface area contributed by atoms with E-state index in [1.807, 2.05) is 0 Å². The van der Waals surface area contributed by atoms with E-state index in [2.05, 4.69) is 20.9 Å². The number of urea groups is 1. The minimum absolute atomic E-state index is 0.116. The van der Waals surface area contributed by atoms with Crippen LogP contribution < -0.4 is 16.0 Å². The van der Waals surface area contributed by atoms with Crippen molar-refractivity contribution < 1.29 is 9.59 Å². The van der Waals surface area contributed by atoms with Crippen LogP contribution in [0.15, 0.2) is 24.5 Å². The highest BCUT2D eigenvalue weighted by Gasteiger charge is 1.99.